The van der Waals surface area contributed by atoms with Crippen molar-refractivity contribution in [2.24, 2.45) is 5.73 Å². The van der Waals surface area contributed by atoms with Crippen molar-refractivity contribution in [2.45, 2.75) is 17.9 Å². The van der Waals surface area contributed by atoms with Gasteiger partial charge in [0.05, 0.1) is 19.2 Å². The van der Waals surface area contributed by atoms with Gasteiger partial charge < -0.3 is 10.8 Å². The van der Waals surface area contributed by atoms with Crippen molar-refractivity contribution in [3.8, 4) is 0 Å². The number of carbonyl (C=O) groups excluding carboxylic acids is 1. The van der Waals surface area contributed by atoms with Gasteiger partial charge in [-0.1, -0.05) is 4.89 Å². The van der Waals surface area contributed by atoms with Crippen LogP contribution in [0.3, 0.4) is 0 Å². The predicted molar refractivity (Wildman–Crippen MR) is 59.9 cm³/mol. The van der Waals surface area contributed by atoms with Gasteiger partial charge in [0, 0.05) is 6.20 Å². The number of amides is 1. The highest BCUT2D eigenvalue weighted by Gasteiger charge is 2.17. The number of hydrogen-bond acceptors (Lipinski definition) is 6. The van der Waals surface area contributed by atoms with Gasteiger partial charge in [-0.3, -0.25) is 19.1 Å². The summed E-state index contributed by atoms with van der Waals surface area (Å²) in [5.74, 6) is -1.86. The summed E-state index contributed by atoms with van der Waals surface area (Å²) in [6, 6.07) is 0. The molecule has 0 fully saturated rings. The lowest BCUT2D eigenvalue weighted by molar-refractivity contribution is -0.137. The normalized spacial score (nSPS) is 11.4. The van der Waals surface area contributed by atoms with Gasteiger partial charge in [-0.15, -0.1) is 0 Å². The third-order valence-corrected chi connectivity index (χ3v) is 3.03. The van der Waals surface area contributed by atoms with Crippen LogP contribution in [0.5, 0.6) is 0 Å². The van der Waals surface area contributed by atoms with E-state index >= 15 is 0 Å². The minimum atomic E-state index is -3.98. The van der Waals surface area contributed by atoms with Gasteiger partial charge in [0.15, 0.2) is 0 Å². The Hall–Kier alpha value is -1.98. The van der Waals surface area contributed by atoms with Gasteiger partial charge in [0.2, 0.25) is 5.91 Å². The smallest absolute Gasteiger partial charge is 0.305 e. The summed E-state index contributed by atoms with van der Waals surface area (Å²) in [4.78, 5) is 26.6. The summed E-state index contributed by atoms with van der Waals surface area (Å²) in [6.07, 6.45) is 1.98. The topological polar surface area (TPSA) is 154 Å². The van der Waals surface area contributed by atoms with Gasteiger partial charge in [-0.2, -0.15) is 5.10 Å². The van der Waals surface area contributed by atoms with E-state index in [0.717, 1.165) is 17.1 Å². The number of aliphatic carboxylic acids is 1. The minimum absolute atomic E-state index is 0.0347. The molecule has 0 unspecified atom stereocenters. The number of rotatable bonds is 8. The molecule has 0 bridgehead atoms. The molecule has 106 valence electrons. The Morgan fingerprint density at radius 3 is 2.79 bits per heavy atom. The summed E-state index contributed by atoms with van der Waals surface area (Å²) in [7, 11) is -3.98. The number of nitrogens with one attached hydrogen (secondary N) is 1. The van der Waals surface area contributed by atoms with Crippen LogP contribution in [0.2, 0.25) is 0 Å². The third kappa shape index (κ3) is 5.03. The molecule has 1 amide bonds. The molecule has 10 nitrogen and oxygen atoms in total. The second kappa shape index (κ2) is 6.26. The van der Waals surface area contributed by atoms with Crippen LogP contribution in [0.25, 0.3) is 0 Å². The maximum absolute atomic E-state index is 11.6. The van der Waals surface area contributed by atoms with E-state index in [1.165, 1.54) is 0 Å². The number of hydrogen-bond donors (Lipinski definition) is 3. The fourth-order valence-corrected chi connectivity index (χ4v) is 1.80. The Bertz CT molecular complexity index is 566. The maximum atomic E-state index is 11.6. The molecule has 1 aromatic rings. The van der Waals surface area contributed by atoms with Crippen LogP contribution >= 0.6 is 0 Å². The van der Waals surface area contributed by atoms with E-state index in [1.807, 2.05) is 0 Å². The van der Waals surface area contributed by atoms with E-state index in [9.17, 15) is 18.0 Å². The molecule has 0 aliphatic carbocycles. The first-order valence-electron chi connectivity index (χ1n) is 4.97. The molecule has 0 saturated carbocycles. The largest absolute Gasteiger partial charge is 0.481 e. The zero-order valence-corrected chi connectivity index (χ0v) is 10.5. The summed E-state index contributed by atoms with van der Waals surface area (Å²) in [5.41, 5.74) is 4.76. The molecular formula is C8H12N4O6S. The van der Waals surface area contributed by atoms with Crippen LogP contribution in [0.1, 0.15) is 6.42 Å². The fraction of sp³-hybridized carbons (Fsp3) is 0.375. The van der Waals surface area contributed by atoms with Crippen LogP contribution in [-0.4, -0.2) is 41.8 Å². The van der Waals surface area contributed by atoms with Gasteiger partial charge in [0.1, 0.15) is 11.5 Å². The Morgan fingerprint density at radius 1 is 1.53 bits per heavy atom. The van der Waals surface area contributed by atoms with Crippen LogP contribution < -0.4 is 10.6 Å². The fourth-order valence-electron chi connectivity index (χ4n) is 1.04. The van der Waals surface area contributed by atoms with Crippen LogP contribution in [0, 0.1) is 0 Å². The number of carboxylic acid groups (broad SMARTS) is 1. The summed E-state index contributed by atoms with van der Waals surface area (Å²) in [6.45, 7) is -0.570. The number of aryl methyl sites for hydroxylation is 1. The van der Waals surface area contributed by atoms with E-state index < -0.39 is 28.5 Å². The first kappa shape index (κ1) is 15.1. The van der Waals surface area contributed by atoms with Crippen LogP contribution in [0.15, 0.2) is 17.3 Å². The first-order valence-corrected chi connectivity index (χ1v) is 6.46. The molecule has 0 atom stereocenters. The number of carboxylic acids is 1. The van der Waals surface area contributed by atoms with Gasteiger partial charge in [-0.05, 0) is 0 Å². The highest BCUT2D eigenvalue weighted by Crippen LogP contribution is 2.07. The van der Waals surface area contributed by atoms with Gasteiger partial charge in [0.25, 0.3) is 10.0 Å². The molecule has 0 aliphatic heterocycles. The quantitative estimate of drug-likeness (QED) is 0.470. The molecule has 1 rings (SSSR count). The van der Waals surface area contributed by atoms with Crippen LogP contribution in [0.4, 0.5) is 0 Å². The number of sulfonamides is 1. The second-order valence-electron chi connectivity index (χ2n) is 3.42. The van der Waals surface area contributed by atoms with Crippen LogP contribution in [-0.2, 0) is 31.0 Å². The Morgan fingerprint density at radius 2 is 2.21 bits per heavy atom. The molecule has 0 radical (unpaired) electrons. The summed E-state index contributed by atoms with van der Waals surface area (Å²) < 4.78 is 24.4. The summed E-state index contributed by atoms with van der Waals surface area (Å²) in [5, 5.41) is 12.2. The van der Waals surface area contributed by atoms with Crippen molar-refractivity contribution < 1.29 is 28.0 Å². The molecule has 1 aromatic heterocycles. The first-order chi connectivity index (χ1) is 8.81. The Balaban J connectivity index is 2.63. The highest BCUT2D eigenvalue weighted by molar-refractivity contribution is 7.89. The standard InChI is InChI=1S/C8H12N4O6S/c9-7(13)5-18-11-19(16,17)6-3-10-12(4-6)2-1-8(14)15/h3-4,11H,1-2,5H2,(H2,9,13)(H,14,15). The van der Waals surface area contributed by atoms with Gasteiger partial charge >= 0.3 is 5.97 Å². The number of nitrogens with zero attached hydrogens (tertiary/aromatic N) is 2. The number of carbonyl (C=O) groups is 2. The van der Waals surface area contributed by atoms with Crippen molar-refractivity contribution in [3.05, 3.63) is 12.4 Å². The minimum Gasteiger partial charge on any atom is -0.481 e. The van der Waals surface area contributed by atoms with E-state index in [-0.39, 0.29) is 17.9 Å². The second-order valence-corrected chi connectivity index (χ2v) is 5.07. The average Bonchev–Trinajstić information content (AvgIpc) is 2.74. The maximum Gasteiger partial charge on any atom is 0.305 e. The molecule has 19 heavy (non-hydrogen) atoms. The van der Waals surface area contributed by atoms with Crippen molar-refractivity contribution in [1.82, 2.24) is 14.7 Å². The Kier molecular flexibility index (Phi) is 4.97. The SMILES string of the molecule is NC(=O)CONS(=O)(=O)c1cnn(CCC(=O)O)c1. The predicted octanol–water partition coefficient (Wildman–Crippen LogP) is -1.95. The molecular weight excluding hydrogens is 280 g/mol. The average molecular weight is 292 g/mol. The van der Waals surface area contributed by atoms with Gasteiger partial charge in [-0.25, -0.2) is 8.42 Å². The van der Waals surface area contributed by atoms with E-state index in [4.69, 9.17) is 10.8 Å². The van der Waals surface area contributed by atoms with Crippen molar-refractivity contribution in [2.75, 3.05) is 6.61 Å². The highest BCUT2D eigenvalue weighted by atomic mass is 32.2. The number of primary amides is 1. The number of nitrogens with two attached hydrogens (primary N) is 1. The van der Waals surface area contributed by atoms with Crippen molar-refractivity contribution in [3.63, 3.8) is 0 Å². The third-order valence-electron chi connectivity index (χ3n) is 1.86. The molecule has 4 N–H and O–H groups in total. The molecule has 0 aliphatic rings. The van der Waals surface area contributed by atoms with Crippen molar-refractivity contribution >= 4 is 21.9 Å². The van der Waals surface area contributed by atoms with E-state index in [2.05, 4.69) is 9.94 Å². The lowest BCUT2D eigenvalue weighted by atomic mass is 10.4. The Labute approximate surface area is 108 Å². The molecule has 11 heteroatoms. The molecule has 1 heterocycles. The van der Waals surface area contributed by atoms with Crippen molar-refractivity contribution in [1.29, 1.82) is 0 Å². The molecule has 0 aromatic carbocycles. The molecule has 0 spiro atoms. The lowest BCUT2D eigenvalue weighted by Gasteiger charge is -2.03. The summed E-state index contributed by atoms with van der Waals surface area (Å²) >= 11 is 0. The van der Waals surface area contributed by atoms with E-state index in [0.29, 0.717) is 0 Å². The van der Waals surface area contributed by atoms with E-state index in [1.54, 1.807) is 4.89 Å². The zero-order valence-electron chi connectivity index (χ0n) is 9.64. The monoisotopic (exact) mass is 292 g/mol. The molecule has 0 saturated heterocycles. The number of aromatic nitrogens is 2. The lowest BCUT2D eigenvalue weighted by Crippen LogP contribution is -2.29. The zero-order chi connectivity index (χ0) is 14.5.